The first-order chi connectivity index (χ1) is 9.77. The Morgan fingerprint density at radius 1 is 1.24 bits per heavy atom. The maximum absolute atomic E-state index is 12.5. The van der Waals surface area contributed by atoms with Crippen LogP contribution in [0.5, 0.6) is 0 Å². The first-order valence-electron chi connectivity index (χ1n) is 5.91. The molecule has 3 N–H and O–H groups in total. The van der Waals surface area contributed by atoms with Crippen LogP contribution in [0.3, 0.4) is 0 Å². The van der Waals surface area contributed by atoms with Gasteiger partial charge in [-0.3, -0.25) is 9.78 Å². The van der Waals surface area contributed by atoms with Crippen LogP contribution in [-0.4, -0.2) is 16.1 Å². The first-order valence-corrected chi connectivity index (χ1v) is 5.91. The van der Waals surface area contributed by atoms with Gasteiger partial charge in [0.2, 0.25) is 0 Å². The van der Waals surface area contributed by atoms with Gasteiger partial charge < -0.3 is 10.8 Å². The van der Waals surface area contributed by atoms with Crippen LogP contribution in [0.15, 0.2) is 36.5 Å². The van der Waals surface area contributed by atoms with Crippen LogP contribution in [0.25, 0.3) is 11.3 Å². The van der Waals surface area contributed by atoms with E-state index in [2.05, 4.69) is 4.98 Å². The van der Waals surface area contributed by atoms with Gasteiger partial charge in [0.15, 0.2) is 0 Å². The number of benzene rings is 1. The monoisotopic (exact) mass is 296 g/mol. The Balaban J connectivity index is 2.32. The highest BCUT2D eigenvalue weighted by Gasteiger charge is 2.30. The molecular formula is C14H11F3N2O2. The lowest BCUT2D eigenvalue weighted by Crippen LogP contribution is -2.05. The summed E-state index contributed by atoms with van der Waals surface area (Å²) in [5.41, 5.74) is 6.41. The van der Waals surface area contributed by atoms with Crippen molar-refractivity contribution in [3.8, 4) is 11.3 Å². The summed E-state index contributed by atoms with van der Waals surface area (Å²) in [7, 11) is 0. The summed E-state index contributed by atoms with van der Waals surface area (Å²) in [4.78, 5) is 14.6. The lowest BCUT2D eigenvalue weighted by molar-refractivity contribution is -0.138. The van der Waals surface area contributed by atoms with E-state index in [4.69, 9.17) is 10.8 Å². The fraction of sp³-hybridized carbons (Fsp3) is 0.143. The Labute approximate surface area is 118 Å². The van der Waals surface area contributed by atoms with Crippen molar-refractivity contribution in [3.63, 3.8) is 0 Å². The summed E-state index contributed by atoms with van der Waals surface area (Å²) in [6, 6.07) is 5.90. The van der Waals surface area contributed by atoms with Crippen LogP contribution in [0.1, 0.15) is 11.1 Å². The molecule has 4 nitrogen and oxygen atoms in total. The van der Waals surface area contributed by atoms with Gasteiger partial charge in [0.1, 0.15) is 0 Å². The van der Waals surface area contributed by atoms with E-state index in [1.165, 1.54) is 24.4 Å². The van der Waals surface area contributed by atoms with Crippen molar-refractivity contribution in [3.05, 3.63) is 47.7 Å². The maximum atomic E-state index is 12.5. The molecule has 0 bridgehead atoms. The van der Waals surface area contributed by atoms with Crippen LogP contribution in [0.2, 0.25) is 0 Å². The number of pyridine rings is 1. The predicted molar refractivity (Wildman–Crippen MR) is 70.4 cm³/mol. The summed E-state index contributed by atoms with van der Waals surface area (Å²) < 4.78 is 37.4. The van der Waals surface area contributed by atoms with Gasteiger partial charge in [-0.15, -0.1) is 0 Å². The molecule has 0 aliphatic carbocycles. The van der Waals surface area contributed by atoms with Gasteiger partial charge in [0, 0.05) is 11.8 Å². The average Bonchev–Trinajstić information content (AvgIpc) is 2.37. The van der Waals surface area contributed by atoms with Crippen molar-refractivity contribution in [2.24, 2.45) is 0 Å². The number of carbonyl (C=O) groups is 1. The van der Waals surface area contributed by atoms with E-state index in [0.29, 0.717) is 16.8 Å². The molecule has 0 amide bonds. The Morgan fingerprint density at radius 2 is 1.86 bits per heavy atom. The SMILES string of the molecule is Nc1cc(CC(=O)O)cnc1-c1ccc(C(F)(F)F)cc1. The second kappa shape index (κ2) is 5.43. The molecule has 0 saturated carbocycles. The molecule has 0 atom stereocenters. The third kappa shape index (κ3) is 3.50. The number of nitrogens with two attached hydrogens (primary N) is 1. The van der Waals surface area contributed by atoms with Crippen molar-refractivity contribution in [2.75, 3.05) is 5.73 Å². The number of carboxylic acid groups (broad SMARTS) is 1. The zero-order valence-electron chi connectivity index (χ0n) is 10.7. The summed E-state index contributed by atoms with van der Waals surface area (Å²) in [5, 5.41) is 8.68. The smallest absolute Gasteiger partial charge is 0.416 e. The molecule has 2 rings (SSSR count). The van der Waals surface area contributed by atoms with E-state index in [1.54, 1.807) is 0 Å². The minimum absolute atomic E-state index is 0.216. The third-order valence-corrected chi connectivity index (χ3v) is 2.81. The lowest BCUT2D eigenvalue weighted by atomic mass is 10.1. The maximum Gasteiger partial charge on any atom is 0.416 e. The van der Waals surface area contributed by atoms with Crippen LogP contribution < -0.4 is 5.73 Å². The van der Waals surface area contributed by atoms with Crippen molar-refractivity contribution in [1.82, 2.24) is 4.98 Å². The minimum Gasteiger partial charge on any atom is -0.481 e. The molecule has 0 aliphatic rings. The standard InChI is InChI=1S/C14H11F3N2O2/c15-14(16,17)10-3-1-9(2-4-10)13-11(18)5-8(7-19-13)6-12(20)21/h1-5,7H,6,18H2,(H,20,21). The largest absolute Gasteiger partial charge is 0.481 e. The Morgan fingerprint density at radius 3 is 2.33 bits per heavy atom. The normalized spacial score (nSPS) is 11.4. The van der Waals surface area contributed by atoms with Crippen LogP contribution >= 0.6 is 0 Å². The van der Waals surface area contributed by atoms with Crippen LogP contribution in [0.4, 0.5) is 18.9 Å². The zero-order chi connectivity index (χ0) is 15.6. The Hall–Kier alpha value is -2.57. The van der Waals surface area contributed by atoms with Gasteiger partial charge >= 0.3 is 12.1 Å². The van der Waals surface area contributed by atoms with E-state index < -0.39 is 17.7 Å². The lowest BCUT2D eigenvalue weighted by Gasteiger charge is -2.09. The Bertz CT molecular complexity index is 667. The molecule has 1 heterocycles. The second-order valence-corrected chi connectivity index (χ2v) is 4.43. The number of aromatic nitrogens is 1. The number of aliphatic carboxylic acids is 1. The van der Waals surface area contributed by atoms with Crippen LogP contribution in [0, 0.1) is 0 Å². The van der Waals surface area contributed by atoms with Gasteiger partial charge in [-0.2, -0.15) is 13.2 Å². The highest BCUT2D eigenvalue weighted by Crippen LogP contribution is 2.31. The molecule has 0 saturated heterocycles. The van der Waals surface area contributed by atoms with Crippen molar-refractivity contribution in [2.45, 2.75) is 12.6 Å². The molecule has 21 heavy (non-hydrogen) atoms. The van der Waals surface area contributed by atoms with E-state index in [1.807, 2.05) is 0 Å². The number of halogens is 3. The second-order valence-electron chi connectivity index (χ2n) is 4.43. The molecule has 1 aromatic carbocycles. The van der Waals surface area contributed by atoms with Crippen molar-refractivity contribution >= 4 is 11.7 Å². The molecule has 0 unspecified atom stereocenters. The van der Waals surface area contributed by atoms with Gasteiger partial charge in [0.25, 0.3) is 0 Å². The first kappa shape index (κ1) is 14.8. The van der Waals surface area contributed by atoms with Crippen LogP contribution in [-0.2, 0) is 17.4 Å². The summed E-state index contributed by atoms with van der Waals surface area (Å²) in [6.07, 6.45) is -3.27. The van der Waals surface area contributed by atoms with E-state index in [9.17, 15) is 18.0 Å². The van der Waals surface area contributed by atoms with Crippen molar-refractivity contribution < 1.29 is 23.1 Å². The number of hydrogen-bond donors (Lipinski definition) is 2. The number of rotatable bonds is 3. The average molecular weight is 296 g/mol. The highest BCUT2D eigenvalue weighted by molar-refractivity contribution is 5.75. The van der Waals surface area contributed by atoms with Gasteiger partial charge in [-0.05, 0) is 23.8 Å². The highest BCUT2D eigenvalue weighted by atomic mass is 19.4. The van der Waals surface area contributed by atoms with E-state index in [0.717, 1.165) is 12.1 Å². The molecule has 0 aliphatic heterocycles. The molecule has 0 radical (unpaired) electrons. The van der Waals surface area contributed by atoms with Crippen molar-refractivity contribution in [1.29, 1.82) is 0 Å². The molecule has 0 fully saturated rings. The fourth-order valence-corrected chi connectivity index (χ4v) is 1.86. The number of nitrogen functional groups attached to an aromatic ring is 1. The van der Waals surface area contributed by atoms with E-state index in [-0.39, 0.29) is 12.1 Å². The summed E-state index contributed by atoms with van der Waals surface area (Å²) >= 11 is 0. The number of alkyl halides is 3. The molecular weight excluding hydrogens is 285 g/mol. The molecule has 2 aromatic rings. The minimum atomic E-state index is -4.40. The zero-order valence-corrected chi connectivity index (χ0v) is 10.7. The molecule has 110 valence electrons. The van der Waals surface area contributed by atoms with Gasteiger partial charge in [0.05, 0.1) is 23.4 Å². The summed E-state index contributed by atoms with van der Waals surface area (Å²) in [6.45, 7) is 0. The Kier molecular flexibility index (Phi) is 3.84. The fourth-order valence-electron chi connectivity index (χ4n) is 1.86. The van der Waals surface area contributed by atoms with Gasteiger partial charge in [-0.25, -0.2) is 0 Å². The summed E-state index contributed by atoms with van der Waals surface area (Å²) in [5.74, 6) is -1.02. The predicted octanol–water partition coefficient (Wildman–Crippen LogP) is 2.98. The quantitative estimate of drug-likeness (QED) is 0.913. The third-order valence-electron chi connectivity index (χ3n) is 2.81. The molecule has 0 spiro atoms. The number of hydrogen-bond acceptors (Lipinski definition) is 3. The topological polar surface area (TPSA) is 76.2 Å². The molecule has 1 aromatic heterocycles. The van der Waals surface area contributed by atoms with E-state index >= 15 is 0 Å². The van der Waals surface area contributed by atoms with Gasteiger partial charge in [-0.1, -0.05) is 12.1 Å². The number of nitrogens with zero attached hydrogens (tertiary/aromatic N) is 1. The molecule has 7 heteroatoms. The number of carboxylic acids is 1. The number of anilines is 1.